The van der Waals surface area contributed by atoms with Crippen LogP contribution in [0.25, 0.3) is 0 Å². The van der Waals surface area contributed by atoms with Gasteiger partial charge in [-0.1, -0.05) is 61.9 Å². The van der Waals surface area contributed by atoms with Crippen LogP contribution in [0.5, 0.6) is 0 Å². The maximum absolute atomic E-state index is 12.1. The first-order valence-electron chi connectivity index (χ1n) is 7.71. The van der Waals surface area contributed by atoms with E-state index in [2.05, 4.69) is 61.7 Å². The Kier molecular flexibility index (Phi) is 5.73. The van der Waals surface area contributed by atoms with E-state index in [0.29, 0.717) is 19.0 Å². The van der Waals surface area contributed by atoms with Crippen molar-refractivity contribution in [1.82, 2.24) is 5.32 Å². The number of benzene rings is 2. The fourth-order valence-electron chi connectivity index (χ4n) is 2.33. The summed E-state index contributed by atoms with van der Waals surface area (Å²) in [7, 11) is 0. The Morgan fingerprint density at radius 3 is 2.41 bits per heavy atom. The van der Waals surface area contributed by atoms with Crippen molar-refractivity contribution in [2.45, 2.75) is 33.2 Å². The minimum absolute atomic E-state index is 0.0137. The number of anilines is 1. The van der Waals surface area contributed by atoms with Gasteiger partial charge in [0.25, 0.3) is 0 Å². The third-order valence-electron chi connectivity index (χ3n) is 3.59. The fourth-order valence-corrected chi connectivity index (χ4v) is 2.33. The minimum Gasteiger partial charge on any atom is -0.325 e. The predicted octanol–water partition coefficient (Wildman–Crippen LogP) is 3.85. The molecule has 2 aromatic carbocycles. The van der Waals surface area contributed by atoms with Gasteiger partial charge in [-0.2, -0.15) is 0 Å². The van der Waals surface area contributed by atoms with Crippen LogP contribution < -0.4 is 10.6 Å². The van der Waals surface area contributed by atoms with E-state index in [9.17, 15) is 4.79 Å². The van der Waals surface area contributed by atoms with Gasteiger partial charge in [0.2, 0.25) is 5.91 Å². The lowest BCUT2D eigenvalue weighted by Gasteiger charge is -2.14. The third kappa shape index (κ3) is 4.71. The number of carbonyl (C=O) groups is 1. The molecule has 0 saturated carbocycles. The number of carbonyl (C=O) groups excluding carboxylic acids is 1. The molecule has 3 heteroatoms. The lowest BCUT2D eigenvalue weighted by Crippen LogP contribution is -2.28. The summed E-state index contributed by atoms with van der Waals surface area (Å²) in [6.07, 6.45) is 0. The molecule has 0 saturated heterocycles. The van der Waals surface area contributed by atoms with Gasteiger partial charge in [0.05, 0.1) is 6.54 Å². The van der Waals surface area contributed by atoms with E-state index in [-0.39, 0.29) is 5.91 Å². The second-order valence-corrected chi connectivity index (χ2v) is 5.88. The summed E-state index contributed by atoms with van der Waals surface area (Å²) in [5, 5.41) is 6.16. The Balaban J connectivity index is 1.84. The van der Waals surface area contributed by atoms with Gasteiger partial charge in [-0.15, -0.1) is 0 Å². The highest BCUT2D eigenvalue weighted by atomic mass is 16.1. The number of nitrogens with one attached hydrogen (secondary N) is 2. The summed E-state index contributed by atoms with van der Waals surface area (Å²) in [6.45, 7) is 7.32. The lowest BCUT2D eigenvalue weighted by molar-refractivity contribution is -0.115. The van der Waals surface area contributed by atoms with Crippen LogP contribution >= 0.6 is 0 Å². The Morgan fingerprint density at radius 2 is 1.73 bits per heavy atom. The van der Waals surface area contributed by atoms with Crippen molar-refractivity contribution < 1.29 is 4.79 Å². The fraction of sp³-hybridized carbons (Fsp3) is 0.316. The van der Waals surface area contributed by atoms with Gasteiger partial charge < -0.3 is 10.6 Å². The van der Waals surface area contributed by atoms with Crippen molar-refractivity contribution in [3.8, 4) is 0 Å². The van der Waals surface area contributed by atoms with Crippen molar-refractivity contribution in [1.29, 1.82) is 0 Å². The van der Waals surface area contributed by atoms with Gasteiger partial charge in [-0.05, 0) is 30.0 Å². The molecule has 2 rings (SSSR count). The Labute approximate surface area is 132 Å². The third-order valence-corrected chi connectivity index (χ3v) is 3.59. The van der Waals surface area contributed by atoms with Gasteiger partial charge in [0, 0.05) is 12.2 Å². The highest BCUT2D eigenvalue weighted by molar-refractivity contribution is 5.93. The molecule has 0 atom stereocenters. The first-order valence-corrected chi connectivity index (χ1v) is 7.71. The molecule has 2 N–H and O–H groups in total. The molecule has 0 aromatic heterocycles. The molecular weight excluding hydrogens is 272 g/mol. The number of para-hydroxylation sites is 1. The molecule has 2 aromatic rings. The number of rotatable bonds is 6. The van der Waals surface area contributed by atoms with E-state index < -0.39 is 0 Å². The first kappa shape index (κ1) is 16.2. The topological polar surface area (TPSA) is 41.1 Å². The van der Waals surface area contributed by atoms with Crippen LogP contribution in [-0.2, 0) is 11.3 Å². The van der Waals surface area contributed by atoms with E-state index in [1.165, 1.54) is 11.1 Å². The number of hydrogen-bond donors (Lipinski definition) is 2. The van der Waals surface area contributed by atoms with Crippen LogP contribution in [0, 0.1) is 6.92 Å². The van der Waals surface area contributed by atoms with E-state index in [1.54, 1.807) is 0 Å². The lowest BCUT2D eigenvalue weighted by atomic mass is 10.0. The molecular formula is C19H24N2O. The number of hydrogen-bond acceptors (Lipinski definition) is 2. The molecule has 0 aliphatic heterocycles. The molecule has 0 radical (unpaired) electrons. The Morgan fingerprint density at radius 1 is 1.05 bits per heavy atom. The quantitative estimate of drug-likeness (QED) is 0.850. The Bertz CT molecular complexity index is 618. The van der Waals surface area contributed by atoms with E-state index in [1.807, 2.05) is 18.2 Å². The zero-order valence-corrected chi connectivity index (χ0v) is 13.5. The molecule has 0 fully saturated rings. The van der Waals surface area contributed by atoms with Gasteiger partial charge in [-0.25, -0.2) is 0 Å². The van der Waals surface area contributed by atoms with E-state index >= 15 is 0 Å². The number of aryl methyl sites for hydroxylation is 1. The van der Waals surface area contributed by atoms with Crippen molar-refractivity contribution in [2.75, 3.05) is 11.9 Å². The summed E-state index contributed by atoms with van der Waals surface area (Å²) < 4.78 is 0. The van der Waals surface area contributed by atoms with Crippen LogP contribution in [0.3, 0.4) is 0 Å². The van der Waals surface area contributed by atoms with Crippen molar-refractivity contribution in [3.05, 3.63) is 65.2 Å². The summed E-state index contributed by atoms with van der Waals surface area (Å²) >= 11 is 0. The zero-order valence-electron chi connectivity index (χ0n) is 13.5. The van der Waals surface area contributed by atoms with Gasteiger partial charge in [-0.3, -0.25) is 4.79 Å². The molecule has 0 aliphatic rings. The van der Waals surface area contributed by atoms with Crippen molar-refractivity contribution in [2.24, 2.45) is 0 Å². The molecule has 22 heavy (non-hydrogen) atoms. The normalized spacial score (nSPS) is 10.7. The summed E-state index contributed by atoms with van der Waals surface area (Å²) in [5.41, 5.74) is 4.49. The average molecular weight is 296 g/mol. The second-order valence-electron chi connectivity index (χ2n) is 5.88. The predicted molar refractivity (Wildman–Crippen MR) is 92.0 cm³/mol. The van der Waals surface area contributed by atoms with Crippen LogP contribution in [0.4, 0.5) is 5.69 Å². The highest BCUT2D eigenvalue weighted by Gasteiger charge is 2.08. The van der Waals surface area contributed by atoms with Gasteiger partial charge in [0.1, 0.15) is 0 Å². The molecule has 0 unspecified atom stereocenters. The van der Waals surface area contributed by atoms with Crippen LogP contribution in [0.2, 0.25) is 0 Å². The first-order chi connectivity index (χ1) is 10.6. The highest BCUT2D eigenvalue weighted by Crippen LogP contribution is 2.23. The summed E-state index contributed by atoms with van der Waals surface area (Å²) in [5.74, 6) is 0.372. The van der Waals surface area contributed by atoms with Crippen molar-refractivity contribution in [3.63, 3.8) is 0 Å². The summed E-state index contributed by atoms with van der Waals surface area (Å²) in [4.78, 5) is 12.1. The molecule has 0 spiro atoms. The molecule has 0 heterocycles. The largest absolute Gasteiger partial charge is 0.325 e. The minimum atomic E-state index is -0.0137. The van der Waals surface area contributed by atoms with Gasteiger partial charge >= 0.3 is 0 Å². The number of amides is 1. The molecule has 3 nitrogen and oxygen atoms in total. The SMILES string of the molecule is Cc1ccc(CNCC(=O)Nc2ccccc2C(C)C)cc1. The monoisotopic (exact) mass is 296 g/mol. The second kappa shape index (κ2) is 7.76. The van der Waals surface area contributed by atoms with Crippen LogP contribution in [0.15, 0.2) is 48.5 Å². The Hall–Kier alpha value is -2.13. The molecule has 0 aliphatic carbocycles. The summed E-state index contributed by atoms with van der Waals surface area (Å²) in [6, 6.07) is 16.3. The smallest absolute Gasteiger partial charge is 0.238 e. The maximum Gasteiger partial charge on any atom is 0.238 e. The van der Waals surface area contributed by atoms with E-state index in [0.717, 1.165) is 11.3 Å². The standard InChI is InChI=1S/C19H24N2O/c1-14(2)17-6-4-5-7-18(17)21-19(22)13-20-12-16-10-8-15(3)9-11-16/h4-11,14,20H,12-13H2,1-3H3,(H,21,22). The van der Waals surface area contributed by atoms with E-state index in [4.69, 9.17) is 0 Å². The van der Waals surface area contributed by atoms with Crippen LogP contribution in [0.1, 0.15) is 36.5 Å². The zero-order chi connectivity index (χ0) is 15.9. The maximum atomic E-state index is 12.1. The van der Waals surface area contributed by atoms with Crippen molar-refractivity contribution >= 4 is 11.6 Å². The average Bonchev–Trinajstić information content (AvgIpc) is 2.49. The van der Waals surface area contributed by atoms with Crippen LogP contribution in [-0.4, -0.2) is 12.5 Å². The van der Waals surface area contributed by atoms with Gasteiger partial charge in [0.15, 0.2) is 0 Å². The molecule has 0 bridgehead atoms. The molecule has 1 amide bonds. The molecule has 116 valence electrons.